The highest BCUT2D eigenvalue weighted by molar-refractivity contribution is 9.13. The normalized spacial score (nSPS) is 14.0. The number of aromatic nitrogens is 1. The van der Waals surface area contributed by atoms with Crippen LogP contribution in [0.4, 0.5) is 0 Å². The van der Waals surface area contributed by atoms with Crippen LogP contribution in [0.5, 0.6) is 0 Å². The van der Waals surface area contributed by atoms with Crippen molar-refractivity contribution in [2.75, 3.05) is 6.54 Å². The predicted octanol–water partition coefficient (Wildman–Crippen LogP) is 4.37. The molecule has 5 heteroatoms. The van der Waals surface area contributed by atoms with Crippen LogP contribution in [0.25, 0.3) is 0 Å². The maximum absolute atomic E-state index is 12.5. The summed E-state index contributed by atoms with van der Waals surface area (Å²) in [7, 11) is 0. The van der Waals surface area contributed by atoms with Crippen molar-refractivity contribution in [3.63, 3.8) is 0 Å². The zero-order valence-electron chi connectivity index (χ0n) is 12.5. The average molecular weight is 426 g/mol. The SMILES string of the molecule is Cc1ccccc1CCC(=O)N1CCc2[nH]c(Br)c(Br)c2C1. The van der Waals surface area contributed by atoms with Crippen molar-refractivity contribution >= 4 is 37.8 Å². The number of hydrogen-bond donors (Lipinski definition) is 1. The van der Waals surface area contributed by atoms with Gasteiger partial charge in [0, 0.05) is 37.2 Å². The minimum Gasteiger partial charge on any atom is -0.352 e. The molecule has 1 aromatic heterocycles. The van der Waals surface area contributed by atoms with Crippen LogP contribution in [0.15, 0.2) is 33.3 Å². The van der Waals surface area contributed by atoms with Crippen LogP contribution in [0.3, 0.4) is 0 Å². The van der Waals surface area contributed by atoms with Gasteiger partial charge >= 0.3 is 0 Å². The maximum atomic E-state index is 12.5. The van der Waals surface area contributed by atoms with Crippen molar-refractivity contribution in [2.24, 2.45) is 0 Å². The first-order valence-corrected chi connectivity index (χ1v) is 9.02. The van der Waals surface area contributed by atoms with E-state index in [0.29, 0.717) is 13.0 Å². The van der Waals surface area contributed by atoms with Crippen LogP contribution >= 0.6 is 31.9 Å². The van der Waals surface area contributed by atoms with Crippen molar-refractivity contribution in [3.8, 4) is 0 Å². The molecule has 1 amide bonds. The van der Waals surface area contributed by atoms with Gasteiger partial charge in [-0.3, -0.25) is 4.79 Å². The minimum atomic E-state index is 0.234. The number of carbonyl (C=O) groups excluding carboxylic acids is 1. The fourth-order valence-electron chi connectivity index (χ4n) is 2.93. The van der Waals surface area contributed by atoms with Gasteiger partial charge in [0.2, 0.25) is 5.91 Å². The highest BCUT2D eigenvalue weighted by Crippen LogP contribution is 2.33. The number of rotatable bonds is 3. The minimum absolute atomic E-state index is 0.234. The lowest BCUT2D eigenvalue weighted by molar-refractivity contribution is -0.132. The summed E-state index contributed by atoms with van der Waals surface area (Å²) in [4.78, 5) is 17.8. The van der Waals surface area contributed by atoms with Gasteiger partial charge in [-0.15, -0.1) is 0 Å². The van der Waals surface area contributed by atoms with Gasteiger partial charge in [0.25, 0.3) is 0 Å². The average Bonchev–Trinajstić information content (AvgIpc) is 2.81. The molecule has 0 aliphatic carbocycles. The molecular weight excluding hydrogens is 408 g/mol. The number of halogens is 2. The lowest BCUT2D eigenvalue weighted by Gasteiger charge is -2.27. The van der Waals surface area contributed by atoms with Crippen molar-refractivity contribution in [3.05, 3.63) is 55.7 Å². The van der Waals surface area contributed by atoms with E-state index in [0.717, 1.165) is 28.5 Å². The molecule has 2 aromatic rings. The number of benzene rings is 1. The van der Waals surface area contributed by atoms with E-state index >= 15 is 0 Å². The second kappa shape index (κ2) is 6.59. The van der Waals surface area contributed by atoms with Crippen molar-refractivity contribution in [1.82, 2.24) is 9.88 Å². The number of carbonyl (C=O) groups is 1. The van der Waals surface area contributed by atoms with Crippen LogP contribution in [0.2, 0.25) is 0 Å². The standard InChI is InChI=1S/C17H18Br2N2O/c1-11-4-2-3-5-12(11)6-7-15(22)21-9-8-14-13(10-21)16(18)17(19)20-14/h2-5,20H,6-10H2,1H3. The molecule has 0 fully saturated rings. The number of nitrogens with zero attached hydrogens (tertiary/aromatic N) is 1. The first kappa shape index (κ1) is 15.8. The van der Waals surface area contributed by atoms with Gasteiger partial charge in [0.1, 0.15) is 0 Å². The lowest BCUT2D eigenvalue weighted by atomic mass is 10.0. The molecule has 116 valence electrons. The largest absolute Gasteiger partial charge is 0.352 e. The van der Waals surface area contributed by atoms with Gasteiger partial charge in [-0.25, -0.2) is 0 Å². The Morgan fingerprint density at radius 3 is 2.86 bits per heavy atom. The fourth-order valence-corrected chi connectivity index (χ4v) is 3.87. The van der Waals surface area contributed by atoms with Crippen LogP contribution in [-0.2, 0) is 24.2 Å². The predicted molar refractivity (Wildman–Crippen MR) is 94.8 cm³/mol. The molecule has 0 saturated carbocycles. The number of fused-ring (bicyclic) bond motifs is 1. The Balaban J connectivity index is 1.64. The van der Waals surface area contributed by atoms with E-state index in [1.54, 1.807) is 0 Å². The summed E-state index contributed by atoms with van der Waals surface area (Å²) in [5.74, 6) is 0.234. The van der Waals surface area contributed by atoms with Crippen LogP contribution in [0, 0.1) is 6.92 Å². The highest BCUT2D eigenvalue weighted by Gasteiger charge is 2.25. The number of nitrogens with one attached hydrogen (secondary N) is 1. The Kier molecular flexibility index (Phi) is 4.73. The first-order chi connectivity index (χ1) is 10.6. The molecule has 1 N–H and O–H groups in total. The van der Waals surface area contributed by atoms with Crippen LogP contribution in [-0.4, -0.2) is 22.3 Å². The molecule has 0 atom stereocenters. The van der Waals surface area contributed by atoms with E-state index in [4.69, 9.17) is 0 Å². The summed E-state index contributed by atoms with van der Waals surface area (Å²) in [6.45, 7) is 3.57. The monoisotopic (exact) mass is 424 g/mol. The van der Waals surface area contributed by atoms with E-state index in [1.807, 2.05) is 17.0 Å². The number of aromatic amines is 1. The second-order valence-corrected chi connectivity index (χ2v) is 7.29. The maximum Gasteiger partial charge on any atom is 0.223 e. The summed E-state index contributed by atoms with van der Waals surface area (Å²) in [5, 5.41) is 0. The number of H-pyrrole nitrogens is 1. The molecule has 0 saturated heterocycles. The summed E-state index contributed by atoms with van der Waals surface area (Å²) in [6.07, 6.45) is 2.27. The molecular formula is C17H18Br2N2O. The Morgan fingerprint density at radius 1 is 1.32 bits per heavy atom. The topological polar surface area (TPSA) is 36.1 Å². The summed E-state index contributed by atoms with van der Waals surface area (Å²) in [6, 6.07) is 8.28. The van der Waals surface area contributed by atoms with Gasteiger partial charge in [-0.1, -0.05) is 24.3 Å². The van der Waals surface area contributed by atoms with Crippen LogP contribution < -0.4 is 0 Å². The van der Waals surface area contributed by atoms with Gasteiger partial charge in [0.05, 0.1) is 9.08 Å². The third kappa shape index (κ3) is 3.15. The van der Waals surface area contributed by atoms with E-state index in [2.05, 4.69) is 55.9 Å². The molecule has 2 heterocycles. The van der Waals surface area contributed by atoms with Gasteiger partial charge in [-0.2, -0.15) is 0 Å². The molecule has 1 aromatic carbocycles. The van der Waals surface area contributed by atoms with E-state index in [-0.39, 0.29) is 5.91 Å². The summed E-state index contributed by atoms with van der Waals surface area (Å²) < 4.78 is 2.01. The van der Waals surface area contributed by atoms with E-state index in [9.17, 15) is 4.79 Å². The molecule has 0 radical (unpaired) electrons. The van der Waals surface area contributed by atoms with E-state index < -0.39 is 0 Å². The van der Waals surface area contributed by atoms with Crippen LogP contribution in [0.1, 0.15) is 28.8 Å². The highest BCUT2D eigenvalue weighted by atomic mass is 79.9. The van der Waals surface area contributed by atoms with Crippen molar-refractivity contribution in [1.29, 1.82) is 0 Å². The van der Waals surface area contributed by atoms with Gasteiger partial charge in [0.15, 0.2) is 0 Å². The molecule has 0 unspecified atom stereocenters. The Bertz CT molecular complexity index is 709. The van der Waals surface area contributed by atoms with E-state index in [1.165, 1.54) is 22.4 Å². The molecule has 1 aliphatic rings. The first-order valence-electron chi connectivity index (χ1n) is 7.43. The number of hydrogen-bond acceptors (Lipinski definition) is 1. The Hall–Kier alpha value is -1.07. The Morgan fingerprint density at radius 2 is 2.09 bits per heavy atom. The molecule has 22 heavy (non-hydrogen) atoms. The molecule has 1 aliphatic heterocycles. The number of aryl methyl sites for hydroxylation is 2. The summed E-state index contributed by atoms with van der Waals surface area (Å²) >= 11 is 7.08. The third-order valence-corrected chi connectivity index (χ3v) is 6.29. The zero-order chi connectivity index (χ0) is 15.7. The molecule has 0 spiro atoms. The molecule has 0 bridgehead atoms. The van der Waals surface area contributed by atoms with Crippen molar-refractivity contribution < 1.29 is 4.79 Å². The second-order valence-electron chi connectivity index (χ2n) is 5.70. The molecule has 3 nitrogen and oxygen atoms in total. The summed E-state index contributed by atoms with van der Waals surface area (Å²) in [5.41, 5.74) is 4.94. The van der Waals surface area contributed by atoms with Gasteiger partial charge in [-0.05, 0) is 56.3 Å². The zero-order valence-corrected chi connectivity index (χ0v) is 15.6. The third-order valence-electron chi connectivity index (χ3n) is 4.29. The quantitative estimate of drug-likeness (QED) is 0.778. The molecule has 3 rings (SSSR count). The van der Waals surface area contributed by atoms with Gasteiger partial charge < -0.3 is 9.88 Å². The van der Waals surface area contributed by atoms with Crippen molar-refractivity contribution in [2.45, 2.75) is 32.7 Å². The Labute approximate surface area is 147 Å². The lowest BCUT2D eigenvalue weighted by Crippen LogP contribution is -2.36. The fraction of sp³-hybridized carbons (Fsp3) is 0.353. The number of amides is 1. The smallest absolute Gasteiger partial charge is 0.223 e.